The fourth-order valence-corrected chi connectivity index (χ4v) is 5.79. The maximum absolute atomic E-state index is 10.6. The molecule has 340 valence electrons. The second-order valence-electron chi connectivity index (χ2n) is 12.1. The zero-order valence-corrected chi connectivity index (χ0v) is 36.3. The van der Waals surface area contributed by atoms with Crippen LogP contribution < -0.4 is 63.9 Å². The van der Waals surface area contributed by atoms with Crippen LogP contribution in [0.1, 0.15) is 18.6 Å². The molecule has 3 heterocycles. The average Bonchev–Trinajstić information content (AvgIpc) is 3.81. The molecule has 0 atom stereocenters. The molecule has 3 aliphatic heterocycles. The Hall–Kier alpha value is -4.10. The number of hydrogen-bond donors (Lipinski definition) is 9. The maximum atomic E-state index is 10.6. The van der Waals surface area contributed by atoms with Gasteiger partial charge in [-0.05, 0) is 11.1 Å². The summed E-state index contributed by atoms with van der Waals surface area (Å²) in [5.41, 5.74) is 7.71. The third-order valence-electron chi connectivity index (χ3n) is 7.75. The predicted molar refractivity (Wildman–Crippen MR) is 223 cm³/mol. The number of halogens is 3. The van der Waals surface area contributed by atoms with Crippen molar-refractivity contribution in [2.75, 3.05) is 78.5 Å². The molecule has 0 radical (unpaired) electrons. The van der Waals surface area contributed by atoms with Gasteiger partial charge in [0.05, 0.1) is 13.1 Å². The minimum Gasteiger partial charge on any atom is -0.795 e. The second kappa shape index (κ2) is 35.4. The van der Waals surface area contributed by atoms with Crippen molar-refractivity contribution in [2.24, 2.45) is 10.7 Å². The van der Waals surface area contributed by atoms with E-state index in [1.807, 2.05) is 53.4 Å². The fraction of sp³-hybridized carbons (Fsp3) is 0.441. The van der Waals surface area contributed by atoms with Crippen molar-refractivity contribution in [3.05, 3.63) is 71.8 Å². The largest absolute Gasteiger partial charge is 1.00 e. The van der Waals surface area contributed by atoms with E-state index in [4.69, 9.17) is 37.0 Å². The Labute approximate surface area is 396 Å². The van der Waals surface area contributed by atoms with Gasteiger partial charge in [0.1, 0.15) is 19.6 Å². The second-order valence-corrected chi connectivity index (χ2v) is 13.5. The number of nitrogens with zero attached hydrogens (tertiary/aromatic N) is 6. The number of carbonyl (C=O) groups is 4. The number of hydrogen-bond acceptors (Lipinski definition) is 14. The minimum atomic E-state index is -4.98. The zero-order valence-electron chi connectivity index (χ0n) is 33.8. The molecule has 0 aliphatic carbocycles. The third-order valence-corrected chi connectivity index (χ3v) is 8.73. The van der Waals surface area contributed by atoms with Crippen LogP contribution in [0.4, 0.5) is 4.70 Å². The third kappa shape index (κ3) is 27.1. The van der Waals surface area contributed by atoms with Gasteiger partial charge in [0.25, 0.3) is 0 Å². The van der Waals surface area contributed by atoms with Gasteiger partial charge in [-0.25, -0.2) is 0 Å². The molecule has 0 saturated carbocycles. The molecule has 5 rings (SSSR count). The molecular formula is C34H55Cl2FLi2N11O11P. The summed E-state index contributed by atoms with van der Waals surface area (Å²) in [6.45, 7) is 4.76. The number of nitrogens with one attached hydrogen (secondary N) is 4. The van der Waals surface area contributed by atoms with Crippen molar-refractivity contribution in [2.45, 2.75) is 20.5 Å². The molecule has 2 saturated heterocycles. The monoisotopic (exact) mass is 927 g/mol. The first-order valence-electron chi connectivity index (χ1n) is 17.1. The van der Waals surface area contributed by atoms with Crippen LogP contribution in [-0.2, 0) is 36.8 Å². The van der Waals surface area contributed by atoms with Gasteiger partial charge in [0.2, 0.25) is 0 Å². The van der Waals surface area contributed by atoms with E-state index in [1.165, 1.54) is 10.5 Å². The van der Waals surface area contributed by atoms with Gasteiger partial charge in [0, 0.05) is 66.6 Å². The molecule has 0 amide bonds. The molecule has 22 nitrogen and oxygen atoms in total. The van der Waals surface area contributed by atoms with Crippen LogP contribution in [-0.4, -0.2) is 165 Å². The van der Waals surface area contributed by atoms with E-state index in [1.54, 1.807) is 4.90 Å². The van der Waals surface area contributed by atoms with Crippen LogP contribution in [0.5, 0.6) is 0 Å². The molecule has 10 N–H and O–H groups in total. The minimum absolute atomic E-state index is 0. The van der Waals surface area contributed by atoms with E-state index in [-0.39, 0.29) is 107 Å². The van der Waals surface area contributed by atoms with Crippen LogP contribution in [0, 0.1) is 10.8 Å². The summed E-state index contributed by atoms with van der Waals surface area (Å²) < 4.78 is 10.9. The van der Waals surface area contributed by atoms with Crippen LogP contribution in [0.3, 0.4) is 0 Å². The first-order chi connectivity index (χ1) is 26.5. The SMILES string of the molecule is C.Cl.Cl.F.N=C1N(CC(=O)O)CCN1Cc1ccccc1.N=C1N(CC(=O)O)CCN1P(=O)([O-])[O-].NC1=NCCN1CC(=O)O.O=C(O)CNCCNCc1ccccc1.[Li+].[Li+]. The molecule has 0 bridgehead atoms. The summed E-state index contributed by atoms with van der Waals surface area (Å²) in [6, 6.07) is 20.0. The smallest absolute Gasteiger partial charge is 0.795 e. The van der Waals surface area contributed by atoms with E-state index in [2.05, 4.69) is 27.8 Å². The number of rotatable bonds is 16. The van der Waals surface area contributed by atoms with E-state index >= 15 is 0 Å². The number of carboxylic acid groups (broad SMARTS) is 4. The number of guanidine groups is 3. The molecule has 0 spiro atoms. The number of carboxylic acids is 4. The standard InChI is InChI=1S/C12H15N3O2.C11H16N2O2.C5H10N3O5P.C5H9N3O2.CH4.2ClH.FH.2Li/c13-12-14(6-7-15(12)9-11(16)17)8-10-4-2-1-3-5-10;14-11(15)9-13-7-6-12-8-10-4-2-1-3-5-10;6-5-7(3-4(9)10)1-2-8(5)14(11,12)13;6-5-7-1-2-8(5)3-4(9)10;;;;;;/h1-5,13H,6-9H2,(H,16,17);1-5,12-13H,6-9H2,(H,14,15);6H,1-3H2,(H,9,10)(H2,11,12,13);1-3H2,(H2,6,7)(H,9,10);1H4;3*1H;;/q;;;;;;;;2*+1/p-2. The molecule has 2 aromatic carbocycles. The van der Waals surface area contributed by atoms with Crippen molar-refractivity contribution in [1.29, 1.82) is 10.8 Å². The number of aliphatic carboxylic acids is 4. The quantitative estimate of drug-likeness (QED) is 0.0429. The Morgan fingerprint density at radius 2 is 1.11 bits per heavy atom. The molecule has 3 aliphatic rings. The van der Waals surface area contributed by atoms with Crippen LogP contribution in [0.15, 0.2) is 65.7 Å². The van der Waals surface area contributed by atoms with Crippen LogP contribution >= 0.6 is 32.6 Å². The Morgan fingerprint density at radius 3 is 1.55 bits per heavy atom. The van der Waals surface area contributed by atoms with Gasteiger partial charge < -0.3 is 75.4 Å². The van der Waals surface area contributed by atoms with Gasteiger partial charge >= 0.3 is 61.6 Å². The first kappa shape index (κ1) is 67.0. The van der Waals surface area contributed by atoms with Gasteiger partial charge in [-0.1, -0.05) is 68.1 Å². The van der Waals surface area contributed by atoms with Crippen LogP contribution in [0.25, 0.3) is 0 Å². The van der Waals surface area contributed by atoms with Gasteiger partial charge in [-0.15, -0.1) is 24.8 Å². The molecular weight excluding hydrogens is 873 g/mol. The Balaban J connectivity index is -0.000000229. The normalized spacial score (nSPS) is 13.5. The predicted octanol–water partition coefficient (Wildman–Crippen LogP) is -6.93. The number of nitrogens with two attached hydrogens (primary N) is 1. The van der Waals surface area contributed by atoms with E-state index in [9.17, 15) is 33.5 Å². The van der Waals surface area contributed by atoms with Crippen molar-refractivity contribution in [1.82, 2.24) is 34.9 Å². The molecule has 28 heteroatoms. The van der Waals surface area contributed by atoms with Crippen molar-refractivity contribution >= 4 is 74.3 Å². The van der Waals surface area contributed by atoms with Crippen molar-refractivity contribution in [3.63, 3.8) is 0 Å². The zero-order chi connectivity index (χ0) is 41.7. The number of aliphatic imine (C=N–C) groups is 1. The first-order valence-corrected chi connectivity index (χ1v) is 18.6. The summed E-state index contributed by atoms with van der Waals surface area (Å²) in [5, 5.41) is 55.0. The molecule has 2 fully saturated rings. The average molecular weight is 929 g/mol. The summed E-state index contributed by atoms with van der Waals surface area (Å²) in [6.07, 6.45) is 0. The molecule has 0 aromatic heterocycles. The summed E-state index contributed by atoms with van der Waals surface area (Å²) in [4.78, 5) is 72.1. The van der Waals surface area contributed by atoms with Gasteiger partial charge in [-0.2, -0.15) is 0 Å². The molecule has 0 unspecified atom stereocenters. The maximum Gasteiger partial charge on any atom is 1.00 e. The summed E-state index contributed by atoms with van der Waals surface area (Å²) >= 11 is 0. The Morgan fingerprint density at radius 1 is 0.677 bits per heavy atom. The summed E-state index contributed by atoms with van der Waals surface area (Å²) in [7, 11) is -4.98. The van der Waals surface area contributed by atoms with Crippen molar-refractivity contribution in [3.8, 4) is 0 Å². The Kier molecular flexibility index (Phi) is 38.2. The Bertz CT molecular complexity index is 1720. The van der Waals surface area contributed by atoms with Crippen LogP contribution in [0.2, 0.25) is 0 Å². The fourth-order valence-electron chi connectivity index (χ4n) is 5.10. The summed E-state index contributed by atoms with van der Waals surface area (Å²) in [5.74, 6) is -3.70. The van der Waals surface area contributed by atoms with E-state index < -0.39 is 44.1 Å². The topological polar surface area (TPSA) is 339 Å². The van der Waals surface area contributed by atoms with E-state index in [0.717, 1.165) is 23.6 Å². The molecule has 62 heavy (non-hydrogen) atoms. The van der Waals surface area contributed by atoms with Crippen molar-refractivity contribution < 1.29 is 96.4 Å². The van der Waals surface area contributed by atoms with Gasteiger partial charge in [-0.3, -0.25) is 39.7 Å². The number of benzene rings is 2. The van der Waals surface area contributed by atoms with Gasteiger partial charge in [0.15, 0.2) is 17.9 Å². The van der Waals surface area contributed by atoms with E-state index in [0.29, 0.717) is 55.9 Å². The molecule has 2 aromatic rings.